The van der Waals surface area contributed by atoms with Crippen molar-refractivity contribution in [2.24, 2.45) is 0 Å². The third-order valence-electron chi connectivity index (χ3n) is 2.20. The van der Waals surface area contributed by atoms with Crippen molar-refractivity contribution >= 4 is 23.5 Å². The van der Waals surface area contributed by atoms with Gasteiger partial charge in [0.25, 0.3) is 5.91 Å². The summed E-state index contributed by atoms with van der Waals surface area (Å²) in [5.74, 6) is -2.81. The molecule has 0 spiro atoms. The lowest BCUT2D eigenvalue weighted by molar-refractivity contribution is 0.0690. The van der Waals surface area contributed by atoms with Crippen LogP contribution >= 0.6 is 11.6 Å². The molecule has 6 heteroatoms. The van der Waals surface area contributed by atoms with Crippen molar-refractivity contribution in [3.8, 4) is 0 Å². The molecule has 0 saturated heterocycles. The lowest BCUT2D eigenvalue weighted by Gasteiger charge is -2.05. The lowest BCUT2D eigenvalue weighted by Crippen LogP contribution is -2.12. The van der Waals surface area contributed by atoms with Gasteiger partial charge >= 0.3 is 5.97 Å². The molecule has 1 aromatic carbocycles. The second-order valence-corrected chi connectivity index (χ2v) is 3.46. The van der Waals surface area contributed by atoms with E-state index < -0.39 is 23.3 Å². The van der Waals surface area contributed by atoms with E-state index in [1.54, 1.807) is 0 Å². The summed E-state index contributed by atoms with van der Waals surface area (Å²) in [6, 6.07) is 0.842. The van der Waals surface area contributed by atoms with Crippen molar-refractivity contribution in [1.82, 2.24) is 5.32 Å². The molecule has 0 fully saturated rings. The summed E-state index contributed by atoms with van der Waals surface area (Å²) in [5.41, 5.74) is -0.333. The van der Waals surface area contributed by atoms with Gasteiger partial charge in [0.05, 0.1) is 10.6 Å². The first-order chi connectivity index (χ1) is 7.02. The highest BCUT2D eigenvalue weighted by molar-refractivity contribution is 6.34. The molecule has 1 aromatic rings. The van der Waals surface area contributed by atoms with Gasteiger partial charge in [-0.15, -0.1) is 0 Å². The Morgan fingerprint density at radius 2 is 2.27 bits per heavy atom. The van der Waals surface area contributed by atoms with Crippen LogP contribution in [-0.4, -0.2) is 17.0 Å². The van der Waals surface area contributed by atoms with Crippen LogP contribution in [0.5, 0.6) is 0 Å². The van der Waals surface area contributed by atoms with Crippen LogP contribution in [0.1, 0.15) is 26.3 Å². The van der Waals surface area contributed by atoms with E-state index in [4.69, 9.17) is 16.7 Å². The first-order valence-corrected chi connectivity index (χ1v) is 4.42. The summed E-state index contributed by atoms with van der Waals surface area (Å²) in [4.78, 5) is 22.0. The molecule has 4 nitrogen and oxygen atoms in total. The van der Waals surface area contributed by atoms with Crippen LogP contribution in [0.2, 0.25) is 5.02 Å². The molecule has 2 rings (SSSR count). The summed E-state index contributed by atoms with van der Waals surface area (Å²) in [7, 11) is 0. The Bertz CT molecular complexity index is 487. The number of benzene rings is 1. The van der Waals surface area contributed by atoms with Crippen LogP contribution in [0.25, 0.3) is 0 Å². The molecule has 2 N–H and O–H groups in total. The van der Waals surface area contributed by atoms with Gasteiger partial charge in [-0.3, -0.25) is 4.79 Å². The molecule has 15 heavy (non-hydrogen) atoms. The molecular weight excluding hydrogens is 225 g/mol. The monoisotopic (exact) mass is 229 g/mol. The van der Waals surface area contributed by atoms with Crippen LogP contribution < -0.4 is 5.32 Å². The van der Waals surface area contributed by atoms with Gasteiger partial charge < -0.3 is 10.4 Å². The fourth-order valence-corrected chi connectivity index (χ4v) is 1.88. The number of hydrogen-bond acceptors (Lipinski definition) is 2. The van der Waals surface area contributed by atoms with Crippen LogP contribution in [0.15, 0.2) is 6.07 Å². The number of fused-ring (bicyclic) bond motifs is 1. The van der Waals surface area contributed by atoms with Crippen molar-refractivity contribution in [3.63, 3.8) is 0 Å². The average molecular weight is 230 g/mol. The van der Waals surface area contributed by atoms with Crippen molar-refractivity contribution in [3.05, 3.63) is 33.6 Å². The Hall–Kier alpha value is -1.62. The molecular formula is C9H5ClFNO3. The zero-order valence-electron chi connectivity index (χ0n) is 7.30. The number of carboxylic acid groups (broad SMARTS) is 1. The van der Waals surface area contributed by atoms with Crippen molar-refractivity contribution < 1.29 is 19.1 Å². The van der Waals surface area contributed by atoms with Crippen LogP contribution in [-0.2, 0) is 6.54 Å². The summed E-state index contributed by atoms with van der Waals surface area (Å²) >= 11 is 5.65. The summed E-state index contributed by atoms with van der Waals surface area (Å²) in [5, 5.41) is 11.1. The zero-order valence-corrected chi connectivity index (χ0v) is 8.06. The minimum atomic E-state index is -1.41. The number of carbonyl (C=O) groups is 2. The van der Waals surface area contributed by atoms with Gasteiger partial charge in [-0.1, -0.05) is 11.6 Å². The van der Waals surface area contributed by atoms with Gasteiger partial charge in [0.15, 0.2) is 0 Å². The van der Waals surface area contributed by atoms with Crippen LogP contribution in [0.3, 0.4) is 0 Å². The molecule has 1 aliphatic rings. The second kappa shape index (κ2) is 3.20. The number of rotatable bonds is 1. The molecule has 1 heterocycles. The van der Waals surface area contributed by atoms with Crippen molar-refractivity contribution in [2.75, 3.05) is 0 Å². The van der Waals surface area contributed by atoms with Gasteiger partial charge in [-0.25, -0.2) is 9.18 Å². The Morgan fingerprint density at radius 1 is 1.60 bits per heavy atom. The molecule has 0 saturated carbocycles. The number of carboxylic acids is 1. The highest BCUT2D eigenvalue weighted by atomic mass is 35.5. The molecule has 0 radical (unpaired) electrons. The molecule has 1 amide bonds. The molecule has 0 aliphatic carbocycles. The molecule has 78 valence electrons. The summed E-state index contributed by atoms with van der Waals surface area (Å²) in [6.07, 6.45) is 0. The van der Waals surface area contributed by atoms with Gasteiger partial charge in [0.2, 0.25) is 0 Å². The Labute approximate surface area is 88.7 Å². The minimum Gasteiger partial charge on any atom is -0.478 e. The normalized spacial score (nSPS) is 13.6. The number of nitrogens with one attached hydrogen (secondary N) is 1. The highest BCUT2D eigenvalue weighted by Crippen LogP contribution is 2.29. The summed E-state index contributed by atoms with van der Waals surface area (Å²) < 4.78 is 13.3. The SMILES string of the molecule is O=C(O)c1c(F)cc(Cl)c2c1CNC2=O. The van der Waals surface area contributed by atoms with Crippen LogP contribution in [0.4, 0.5) is 4.39 Å². The Morgan fingerprint density at radius 3 is 2.87 bits per heavy atom. The highest BCUT2D eigenvalue weighted by Gasteiger charge is 2.30. The average Bonchev–Trinajstić information content (AvgIpc) is 2.47. The topological polar surface area (TPSA) is 66.4 Å². The van der Waals surface area contributed by atoms with E-state index in [9.17, 15) is 14.0 Å². The van der Waals surface area contributed by atoms with Gasteiger partial charge in [-0.2, -0.15) is 0 Å². The van der Waals surface area contributed by atoms with E-state index in [0.29, 0.717) is 0 Å². The second-order valence-electron chi connectivity index (χ2n) is 3.06. The predicted molar refractivity (Wildman–Crippen MR) is 49.5 cm³/mol. The van der Waals surface area contributed by atoms with E-state index >= 15 is 0 Å². The minimum absolute atomic E-state index is 0.00667. The number of halogens is 2. The number of aromatic carboxylic acids is 1. The smallest absolute Gasteiger partial charge is 0.339 e. The number of carbonyl (C=O) groups excluding carboxylic acids is 1. The third kappa shape index (κ3) is 1.35. The largest absolute Gasteiger partial charge is 0.478 e. The maximum Gasteiger partial charge on any atom is 0.339 e. The standard InChI is InChI=1S/C9H5ClFNO3/c10-4-1-5(11)7(9(14)15)3-2-12-8(13)6(3)4/h1H,2H2,(H,12,13)(H,14,15). The van der Waals surface area contributed by atoms with Gasteiger partial charge in [-0.05, 0) is 6.07 Å². The molecule has 1 aliphatic heterocycles. The molecule has 0 atom stereocenters. The maximum atomic E-state index is 13.3. The molecule has 0 aromatic heterocycles. The lowest BCUT2D eigenvalue weighted by atomic mass is 10.0. The number of hydrogen-bond donors (Lipinski definition) is 2. The van der Waals surface area contributed by atoms with Gasteiger partial charge in [0.1, 0.15) is 11.4 Å². The Kier molecular flexibility index (Phi) is 2.12. The van der Waals surface area contributed by atoms with E-state index in [1.807, 2.05) is 0 Å². The first kappa shape index (κ1) is 9.92. The summed E-state index contributed by atoms with van der Waals surface area (Å²) in [6.45, 7) is -0.00667. The maximum absolute atomic E-state index is 13.3. The van der Waals surface area contributed by atoms with E-state index in [-0.39, 0.29) is 22.7 Å². The van der Waals surface area contributed by atoms with E-state index in [2.05, 4.69) is 5.32 Å². The molecule has 0 bridgehead atoms. The van der Waals surface area contributed by atoms with Crippen molar-refractivity contribution in [1.29, 1.82) is 0 Å². The van der Waals surface area contributed by atoms with Crippen molar-refractivity contribution in [2.45, 2.75) is 6.54 Å². The first-order valence-electron chi connectivity index (χ1n) is 4.04. The van der Waals surface area contributed by atoms with E-state index in [0.717, 1.165) is 6.07 Å². The third-order valence-corrected chi connectivity index (χ3v) is 2.50. The molecule has 0 unspecified atom stereocenters. The van der Waals surface area contributed by atoms with Crippen LogP contribution in [0, 0.1) is 5.82 Å². The zero-order chi connectivity index (χ0) is 11.2. The fraction of sp³-hybridized carbons (Fsp3) is 0.111. The quantitative estimate of drug-likeness (QED) is 0.765. The van der Waals surface area contributed by atoms with Gasteiger partial charge in [0, 0.05) is 12.1 Å². The Balaban J connectivity index is 2.79. The predicted octanol–water partition coefficient (Wildman–Crippen LogP) is 1.42. The number of amides is 1. The fourth-order valence-electron chi connectivity index (χ4n) is 1.58. The van der Waals surface area contributed by atoms with E-state index in [1.165, 1.54) is 0 Å².